The maximum atomic E-state index is 17.5. The fourth-order valence-corrected chi connectivity index (χ4v) is 11.1. The van der Waals surface area contributed by atoms with Crippen molar-refractivity contribution in [1.29, 1.82) is 0 Å². The number of hydrogen-bond acceptors (Lipinski definition) is 9. The maximum absolute atomic E-state index is 17.5. The Hall–Kier alpha value is -3.45. The predicted molar refractivity (Wildman–Crippen MR) is 199 cm³/mol. The van der Waals surface area contributed by atoms with Crippen LogP contribution in [0.4, 0.5) is 14.6 Å². The Balaban J connectivity index is 1.14. The first-order valence-corrected chi connectivity index (χ1v) is 19.9. The normalized spacial score (nSPS) is 32.2. The number of nitrogens with zero attached hydrogens (tertiary/aromatic N) is 7. The van der Waals surface area contributed by atoms with Gasteiger partial charge >= 0.3 is 6.01 Å². The third kappa shape index (κ3) is 5.73. The van der Waals surface area contributed by atoms with Crippen LogP contribution in [0, 0.1) is 11.2 Å². The molecule has 0 radical (unpaired) electrons. The number of fused-ring (bicyclic) bond motifs is 2. The number of alkyl halides is 1. The molecule has 1 spiro atoms. The molecule has 3 aromatic heterocycles. The zero-order valence-corrected chi connectivity index (χ0v) is 30.8. The van der Waals surface area contributed by atoms with E-state index in [1.807, 2.05) is 10.7 Å². The number of hydrogen-bond donors (Lipinski definition) is 1. The molecule has 10 nitrogen and oxygen atoms in total. The first-order valence-electron chi connectivity index (χ1n) is 19.5. The largest absolute Gasteiger partial charge is 0.461 e. The van der Waals surface area contributed by atoms with E-state index in [2.05, 4.69) is 22.0 Å². The number of aliphatic hydroxyl groups is 1. The molecule has 8 aliphatic rings. The van der Waals surface area contributed by atoms with E-state index in [0.717, 1.165) is 93.8 Å². The van der Waals surface area contributed by atoms with Crippen LogP contribution in [0.5, 0.6) is 6.01 Å². The number of aromatic nitrogens is 5. The Labute approximate surface area is 312 Å². The van der Waals surface area contributed by atoms with Crippen molar-refractivity contribution in [3.63, 3.8) is 0 Å². The Bertz CT molecular complexity index is 2120. The average molecular weight is 746 g/mol. The number of pyridine rings is 1. The zero-order valence-electron chi connectivity index (χ0n) is 30.0. The first-order chi connectivity index (χ1) is 25.7. The lowest BCUT2D eigenvalue weighted by atomic mass is 9.55. The van der Waals surface area contributed by atoms with Crippen LogP contribution in [0.25, 0.3) is 33.1 Å². The Kier molecular flexibility index (Phi) is 8.24. The van der Waals surface area contributed by atoms with Crippen LogP contribution in [0.3, 0.4) is 0 Å². The molecule has 4 aromatic rings. The van der Waals surface area contributed by atoms with Crippen molar-refractivity contribution in [2.75, 3.05) is 44.3 Å². The van der Waals surface area contributed by atoms with Gasteiger partial charge in [-0.2, -0.15) is 15.1 Å². The number of piperidine rings is 1. The fourth-order valence-electron chi connectivity index (χ4n) is 10.8. The van der Waals surface area contributed by atoms with Crippen molar-refractivity contribution < 1.29 is 23.4 Å². The monoisotopic (exact) mass is 745 g/mol. The van der Waals surface area contributed by atoms with Crippen molar-refractivity contribution in [2.24, 2.45) is 5.41 Å². The van der Waals surface area contributed by atoms with Gasteiger partial charge in [0.2, 0.25) is 0 Å². The predicted octanol–water partition coefficient (Wildman–Crippen LogP) is 7.49. The highest BCUT2D eigenvalue weighted by molar-refractivity contribution is 6.33. The third-order valence-electron chi connectivity index (χ3n) is 13.1. The van der Waals surface area contributed by atoms with Crippen LogP contribution in [0.1, 0.15) is 88.8 Å². The van der Waals surface area contributed by atoms with Crippen molar-refractivity contribution in [2.45, 2.75) is 107 Å². The molecule has 1 saturated carbocycles. The van der Waals surface area contributed by atoms with Crippen molar-refractivity contribution in [1.82, 2.24) is 29.6 Å². The summed E-state index contributed by atoms with van der Waals surface area (Å²) >= 11 is 7.12. The molecule has 4 saturated heterocycles. The summed E-state index contributed by atoms with van der Waals surface area (Å²) in [5.41, 5.74) is 1.16. The first kappa shape index (κ1) is 34.1. The molecule has 280 valence electrons. The van der Waals surface area contributed by atoms with Crippen LogP contribution in [-0.2, 0) is 11.2 Å². The van der Waals surface area contributed by atoms with E-state index in [1.54, 1.807) is 12.4 Å². The van der Waals surface area contributed by atoms with E-state index in [4.69, 9.17) is 41.1 Å². The Morgan fingerprint density at radius 1 is 1.04 bits per heavy atom. The number of allylic oxidation sites excluding steroid dienone is 2. The SMILES string of the molecule is OC12CC/C=C\Cc3c(Cl)cc4c(cnn4C4CCCCO4)c3-c3ncc4c(nc(OC[C@@]56CCCN5C[C@H](F)C6)nc4c3F)N3CCCC(C3)(C1)C2. The highest BCUT2D eigenvalue weighted by Gasteiger charge is 2.55. The Morgan fingerprint density at radius 2 is 1.92 bits per heavy atom. The van der Waals surface area contributed by atoms with Gasteiger partial charge in [0.05, 0.1) is 28.2 Å². The molecule has 13 heteroatoms. The third-order valence-corrected chi connectivity index (χ3v) is 13.5. The molecule has 7 bridgehead atoms. The Morgan fingerprint density at radius 3 is 2.79 bits per heavy atom. The van der Waals surface area contributed by atoms with E-state index in [9.17, 15) is 9.50 Å². The molecule has 12 rings (SSSR count). The summed E-state index contributed by atoms with van der Waals surface area (Å²) in [7, 11) is 0. The summed E-state index contributed by atoms with van der Waals surface area (Å²) in [4.78, 5) is 19.0. The maximum Gasteiger partial charge on any atom is 0.319 e. The summed E-state index contributed by atoms with van der Waals surface area (Å²) in [6.45, 7) is 3.58. The van der Waals surface area contributed by atoms with Crippen molar-refractivity contribution in [3.05, 3.63) is 47.0 Å². The molecular formula is C40H46ClF2N7O3. The van der Waals surface area contributed by atoms with Gasteiger partial charge in [-0.1, -0.05) is 23.8 Å². The highest BCUT2D eigenvalue weighted by Crippen LogP contribution is 2.56. The summed E-state index contributed by atoms with van der Waals surface area (Å²) < 4.78 is 46.6. The van der Waals surface area contributed by atoms with E-state index in [1.165, 1.54) is 0 Å². The van der Waals surface area contributed by atoms with Crippen molar-refractivity contribution >= 4 is 39.2 Å². The van der Waals surface area contributed by atoms with Gasteiger partial charge in [-0.3, -0.25) is 9.88 Å². The molecule has 10 heterocycles. The van der Waals surface area contributed by atoms with Gasteiger partial charge in [-0.05, 0) is 101 Å². The molecule has 53 heavy (non-hydrogen) atoms. The molecule has 1 unspecified atom stereocenters. The summed E-state index contributed by atoms with van der Waals surface area (Å²) in [5.74, 6) is 0.00335. The molecule has 1 N–H and O–H groups in total. The van der Waals surface area contributed by atoms with Gasteiger partial charge < -0.3 is 19.5 Å². The molecule has 0 amide bonds. The van der Waals surface area contributed by atoms with Crippen molar-refractivity contribution in [3.8, 4) is 17.3 Å². The van der Waals surface area contributed by atoms with Gasteiger partial charge in [0.15, 0.2) is 12.0 Å². The standard InChI is InChI=1S/C40H46ClF2N7O3/c41-29-16-30-27(19-45-50(30)31-9-3-5-15-52-31)32-26(29)8-2-1-4-12-40(51)21-38(22-40)10-6-13-48(23-38)36-28-18-44-35(32)33(43)34(28)46-37(47-36)53-24-39-11-7-14-49(39)20-25(42)17-39/h1-2,16,18-19,25,31,51H,3-15,17,20-24H2/b2-1-/t25-,31?,38?,39+,40?/m1/s1. The van der Waals surface area contributed by atoms with Crippen LogP contribution in [-0.4, -0.2) is 91.4 Å². The lowest BCUT2D eigenvalue weighted by molar-refractivity contribution is -0.136. The smallest absolute Gasteiger partial charge is 0.319 e. The van der Waals surface area contributed by atoms with E-state index in [0.29, 0.717) is 60.7 Å². The second-order valence-corrected chi connectivity index (χ2v) is 17.2. The number of benzene rings is 1. The van der Waals surface area contributed by atoms with Gasteiger partial charge in [-0.25, -0.2) is 13.5 Å². The van der Waals surface area contributed by atoms with Crippen LogP contribution >= 0.6 is 11.6 Å². The average Bonchev–Trinajstić information content (AvgIpc) is 3.82. The molecule has 1 aliphatic carbocycles. The van der Waals surface area contributed by atoms with Gasteiger partial charge in [0.1, 0.15) is 29.8 Å². The van der Waals surface area contributed by atoms with Gasteiger partial charge in [-0.15, -0.1) is 0 Å². The molecule has 5 fully saturated rings. The van der Waals surface area contributed by atoms with Crippen LogP contribution in [0.15, 0.2) is 30.6 Å². The molecule has 1 aromatic carbocycles. The minimum Gasteiger partial charge on any atom is -0.461 e. The summed E-state index contributed by atoms with van der Waals surface area (Å²) in [6, 6.07) is 1.99. The second-order valence-electron chi connectivity index (χ2n) is 16.7. The minimum absolute atomic E-state index is 0.0459. The lowest BCUT2D eigenvalue weighted by Gasteiger charge is -2.57. The summed E-state index contributed by atoms with van der Waals surface area (Å²) in [5, 5.41) is 18.1. The molecular weight excluding hydrogens is 700 g/mol. The second kappa shape index (κ2) is 12.8. The van der Waals surface area contributed by atoms with E-state index < -0.39 is 23.1 Å². The number of halogens is 3. The van der Waals surface area contributed by atoms with Gasteiger partial charge in [0.25, 0.3) is 0 Å². The van der Waals surface area contributed by atoms with Crippen LogP contribution in [0.2, 0.25) is 5.02 Å². The lowest BCUT2D eigenvalue weighted by Crippen LogP contribution is -2.59. The number of anilines is 1. The van der Waals surface area contributed by atoms with Gasteiger partial charge in [0, 0.05) is 54.8 Å². The molecule has 7 aliphatic heterocycles. The topological polar surface area (TPSA) is 102 Å². The highest BCUT2D eigenvalue weighted by atomic mass is 35.5. The zero-order chi connectivity index (χ0) is 36.0. The minimum atomic E-state index is -0.896. The molecule has 3 atom stereocenters. The fraction of sp³-hybridized carbons (Fsp3) is 0.600. The van der Waals surface area contributed by atoms with Crippen LogP contribution < -0.4 is 9.64 Å². The summed E-state index contributed by atoms with van der Waals surface area (Å²) in [6.07, 6.45) is 16.8. The quantitative estimate of drug-likeness (QED) is 0.213. The number of ether oxygens (including phenoxy) is 2. The van der Waals surface area contributed by atoms with E-state index in [-0.39, 0.29) is 35.5 Å². The van der Waals surface area contributed by atoms with E-state index >= 15 is 4.39 Å². The number of rotatable bonds is 4.